The number of methoxy groups -OCH3 is 1. The van der Waals surface area contributed by atoms with Gasteiger partial charge >= 0.3 is 5.97 Å². The number of aliphatic carboxylic acids is 1. The van der Waals surface area contributed by atoms with Crippen LogP contribution >= 0.6 is 0 Å². The summed E-state index contributed by atoms with van der Waals surface area (Å²) in [5, 5.41) is 11.0. The quantitative estimate of drug-likeness (QED) is 0.775. The van der Waals surface area contributed by atoms with Crippen molar-refractivity contribution in [1.29, 1.82) is 0 Å². The van der Waals surface area contributed by atoms with Crippen LogP contribution in [0.2, 0.25) is 0 Å². The average Bonchev–Trinajstić information content (AvgIpc) is 2.30. The minimum absolute atomic E-state index is 0.0759. The summed E-state index contributed by atoms with van der Waals surface area (Å²) in [5.41, 5.74) is 1.49. The zero-order chi connectivity index (χ0) is 12.7. The van der Waals surface area contributed by atoms with Crippen LogP contribution in [0.5, 0.6) is 0 Å². The molecule has 17 heavy (non-hydrogen) atoms. The van der Waals surface area contributed by atoms with Gasteiger partial charge in [-0.1, -0.05) is 12.1 Å². The molecule has 0 bridgehead atoms. The standard InChI is InChI=1S/C12H15NO4/c1-17-8-9-2-4-10(5-3-9)12(16)13-7-6-11(14)15/h2-5H,6-8H2,1H3,(H,13,16)(H,14,15). The van der Waals surface area contributed by atoms with E-state index in [9.17, 15) is 9.59 Å². The van der Waals surface area contributed by atoms with Crippen LogP contribution in [-0.4, -0.2) is 30.6 Å². The van der Waals surface area contributed by atoms with E-state index in [1.807, 2.05) is 0 Å². The molecule has 0 saturated heterocycles. The monoisotopic (exact) mass is 237 g/mol. The fraction of sp³-hybridized carbons (Fsp3) is 0.333. The predicted molar refractivity (Wildman–Crippen MR) is 61.7 cm³/mol. The van der Waals surface area contributed by atoms with E-state index in [4.69, 9.17) is 9.84 Å². The second-order valence-electron chi connectivity index (χ2n) is 3.53. The van der Waals surface area contributed by atoms with Crippen molar-refractivity contribution in [2.75, 3.05) is 13.7 Å². The highest BCUT2D eigenvalue weighted by atomic mass is 16.5. The van der Waals surface area contributed by atoms with Crippen molar-refractivity contribution in [3.05, 3.63) is 35.4 Å². The number of rotatable bonds is 6. The Labute approximate surface area is 99.4 Å². The molecule has 0 atom stereocenters. The second kappa shape index (κ2) is 6.65. The lowest BCUT2D eigenvalue weighted by molar-refractivity contribution is -0.136. The molecule has 0 aliphatic carbocycles. The first-order chi connectivity index (χ1) is 8.13. The molecule has 5 heteroatoms. The van der Waals surface area contributed by atoms with Crippen LogP contribution in [-0.2, 0) is 16.1 Å². The summed E-state index contributed by atoms with van der Waals surface area (Å²) in [6.45, 7) is 0.634. The normalized spacial score (nSPS) is 9.94. The Hall–Kier alpha value is -1.88. The molecule has 1 amide bonds. The Balaban J connectivity index is 2.48. The molecule has 0 fully saturated rings. The molecular formula is C12H15NO4. The summed E-state index contributed by atoms with van der Waals surface area (Å²) in [4.78, 5) is 21.8. The molecule has 5 nitrogen and oxygen atoms in total. The molecule has 1 aromatic carbocycles. The van der Waals surface area contributed by atoms with E-state index in [2.05, 4.69) is 5.32 Å². The van der Waals surface area contributed by atoms with E-state index >= 15 is 0 Å². The largest absolute Gasteiger partial charge is 0.481 e. The number of hydrogen-bond acceptors (Lipinski definition) is 3. The number of carbonyl (C=O) groups excluding carboxylic acids is 1. The van der Waals surface area contributed by atoms with Gasteiger partial charge in [0.2, 0.25) is 0 Å². The van der Waals surface area contributed by atoms with Crippen LogP contribution in [0.3, 0.4) is 0 Å². The molecule has 92 valence electrons. The first kappa shape index (κ1) is 13.2. The lowest BCUT2D eigenvalue weighted by atomic mass is 10.1. The van der Waals surface area contributed by atoms with Gasteiger partial charge in [-0.15, -0.1) is 0 Å². The first-order valence-electron chi connectivity index (χ1n) is 5.21. The van der Waals surface area contributed by atoms with Gasteiger partial charge in [0, 0.05) is 19.2 Å². The summed E-state index contributed by atoms with van der Waals surface area (Å²) in [5.74, 6) is -1.20. The van der Waals surface area contributed by atoms with Crippen molar-refractivity contribution in [2.24, 2.45) is 0 Å². The molecule has 0 aliphatic rings. The minimum atomic E-state index is -0.930. The molecule has 0 heterocycles. The SMILES string of the molecule is COCc1ccc(C(=O)NCCC(=O)O)cc1. The number of ether oxygens (including phenoxy) is 1. The minimum Gasteiger partial charge on any atom is -0.481 e. The summed E-state index contributed by atoms with van der Waals surface area (Å²) in [6, 6.07) is 6.97. The summed E-state index contributed by atoms with van der Waals surface area (Å²) < 4.78 is 4.95. The lowest BCUT2D eigenvalue weighted by Gasteiger charge is -2.04. The topological polar surface area (TPSA) is 75.6 Å². The van der Waals surface area contributed by atoms with E-state index in [1.165, 1.54) is 0 Å². The van der Waals surface area contributed by atoms with Gasteiger partial charge in [0.25, 0.3) is 5.91 Å². The molecule has 0 aromatic heterocycles. The van der Waals surface area contributed by atoms with Crippen molar-refractivity contribution in [2.45, 2.75) is 13.0 Å². The highest BCUT2D eigenvalue weighted by Gasteiger charge is 2.05. The van der Waals surface area contributed by atoms with Gasteiger partial charge in [0.05, 0.1) is 13.0 Å². The summed E-state index contributed by atoms with van der Waals surface area (Å²) in [6.07, 6.45) is -0.0759. The van der Waals surface area contributed by atoms with Crippen molar-refractivity contribution in [3.8, 4) is 0 Å². The van der Waals surface area contributed by atoms with E-state index in [1.54, 1.807) is 31.4 Å². The smallest absolute Gasteiger partial charge is 0.305 e. The Morgan fingerprint density at radius 3 is 2.47 bits per heavy atom. The maximum absolute atomic E-state index is 11.6. The lowest BCUT2D eigenvalue weighted by Crippen LogP contribution is -2.25. The highest BCUT2D eigenvalue weighted by molar-refractivity contribution is 5.94. The van der Waals surface area contributed by atoms with Gasteiger partial charge in [-0.3, -0.25) is 9.59 Å². The maximum atomic E-state index is 11.6. The fourth-order valence-electron chi connectivity index (χ4n) is 1.30. The van der Waals surface area contributed by atoms with Crippen LogP contribution < -0.4 is 5.32 Å². The number of carbonyl (C=O) groups is 2. The van der Waals surface area contributed by atoms with Crippen LogP contribution in [0.1, 0.15) is 22.3 Å². The van der Waals surface area contributed by atoms with E-state index in [-0.39, 0.29) is 18.9 Å². The predicted octanol–water partition coefficient (Wildman–Crippen LogP) is 1.04. The van der Waals surface area contributed by atoms with E-state index in [0.29, 0.717) is 12.2 Å². The maximum Gasteiger partial charge on any atom is 0.305 e. The molecule has 0 radical (unpaired) electrons. The third-order valence-electron chi connectivity index (χ3n) is 2.15. The first-order valence-corrected chi connectivity index (χ1v) is 5.21. The number of hydrogen-bond donors (Lipinski definition) is 2. The van der Waals surface area contributed by atoms with Gasteiger partial charge in [-0.2, -0.15) is 0 Å². The fourth-order valence-corrected chi connectivity index (χ4v) is 1.30. The Morgan fingerprint density at radius 1 is 1.29 bits per heavy atom. The van der Waals surface area contributed by atoms with E-state index < -0.39 is 5.97 Å². The van der Waals surface area contributed by atoms with Crippen LogP contribution in [0.15, 0.2) is 24.3 Å². The van der Waals surface area contributed by atoms with Crippen molar-refractivity contribution in [1.82, 2.24) is 5.32 Å². The number of amides is 1. The Kier molecular flexibility index (Phi) is 5.16. The summed E-state index contributed by atoms with van der Waals surface area (Å²) >= 11 is 0. The molecule has 2 N–H and O–H groups in total. The molecule has 0 saturated carbocycles. The Morgan fingerprint density at radius 2 is 1.94 bits per heavy atom. The van der Waals surface area contributed by atoms with Gasteiger partial charge in [0.1, 0.15) is 0 Å². The number of benzene rings is 1. The second-order valence-corrected chi connectivity index (χ2v) is 3.53. The zero-order valence-corrected chi connectivity index (χ0v) is 9.60. The third-order valence-corrected chi connectivity index (χ3v) is 2.15. The van der Waals surface area contributed by atoms with Gasteiger partial charge < -0.3 is 15.2 Å². The molecule has 1 rings (SSSR count). The van der Waals surface area contributed by atoms with Crippen molar-refractivity contribution in [3.63, 3.8) is 0 Å². The summed E-state index contributed by atoms with van der Waals surface area (Å²) in [7, 11) is 1.60. The number of nitrogens with one attached hydrogen (secondary N) is 1. The number of carboxylic acid groups (broad SMARTS) is 1. The average molecular weight is 237 g/mol. The van der Waals surface area contributed by atoms with Crippen LogP contribution in [0.25, 0.3) is 0 Å². The van der Waals surface area contributed by atoms with Gasteiger partial charge in [-0.05, 0) is 17.7 Å². The number of carboxylic acids is 1. The van der Waals surface area contributed by atoms with Gasteiger partial charge in [-0.25, -0.2) is 0 Å². The zero-order valence-electron chi connectivity index (χ0n) is 9.60. The molecule has 0 spiro atoms. The Bertz CT molecular complexity index is 386. The third kappa shape index (κ3) is 4.65. The van der Waals surface area contributed by atoms with Gasteiger partial charge in [0.15, 0.2) is 0 Å². The van der Waals surface area contributed by atoms with Crippen LogP contribution in [0.4, 0.5) is 0 Å². The highest BCUT2D eigenvalue weighted by Crippen LogP contribution is 2.05. The van der Waals surface area contributed by atoms with E-state index in [0.717, 1.165) is 5.56 Å². The van der Waals surface area contributed by atoms with Crippen molar-refractivity contribution < 1.29 is 19.4 Å². The molecular weight excluding hydrogens is 222 g/mol. The molecule has 0 aliphatic heterocycles. The molecule has 0 unspecified atom stereocenters. The molecule has 1 aromatic rings. The van der Waals surface area contributed by atoms with Crippen molar-refractivity contribution >= 4 is 11.9 Å². The van der Waals surface area contributed by atoms with Crippen LogP contribution in [0, 0.1) is 0 Å².